The average molecular weight is 342 g/mol. The molecule has 0 aliphatic heterocycles. The van der Waals surface area contributed by atoms with Crippen LogP contribution in [0.5, 0.6) is 5.75 Å². The minimum absolute atomic E-state index is 0.457. The first-order valence-electron chi connectivity index (χ1n) is 8.34. The summed E-state index contributed by atoms with van der Waals surface area (Å²) >= 11 is 0. The number of hydrogen-bond acceptors (Lipinski definition) is 3. The number of hydrogen-bond donors (Lipinski definition) is 1. The summed E-state index contributed by atoms with van der Waals surface area (Å²) in [4.78, 5) is 11.4. The highest BCUT2D eigenvalue weighted by Gasteiger charge is 2.28. The lowest BCUT2D eigenvalue weighted by Crippen LogP contribution is -2.26. The van der Waals surface area contributed by atoms with Crippen LogP contribution in [0.4, 0.5) is 0 Å². The van der Waals surface area contributed by atoms with Crippen LogP contribution in [0.15, 0.2) is 42.5 Å². The molecule has 134 valence electrons. The van der Waals surface area contributed by atoms with Gasteiger partial charge in [0.25, 0.3) is 0 Å². The largest absolute Gasteiger partial charge is 0.497 e. The van der Waals surface area contributed by atoms with Crippen molar-refractivity contribution in [2.24, 2.45) is 5.41 Å². The Morgan fingerprint density at radius 3 is 2.32 bits per heavy atom. The molecule has 0 heterocycles. The Morgan fingerprint density at radius 1 is 1.04 bits per heavy atom. The van der Waals surface area contributed by atoms with Crippen LogP contribution in [0.2, 0.25) is 0 Å². The van der Waals surface area contributed by atoms with Gasteiger partial charge >= 0.3 is 5.97 Å². The second kappa shape index (κ2) is 8.17. The topological polar surface area (TPSA) is 55.8 Å². The fourth-order valence-electron chi connectivity index (χ4n) is 2.61. The van der Waals surface area contributed by atoms with Gasteiger partial charge in [-0.05, 0) is 56.0 Å². The normalized spacial score (nSPS) is 11.4. The fourth-order valence-corrected chi connectivity index (χ4v) is 2.61. The average Bonchev–Trinajstić information content (AvgIpc) is 2.57. The molecule has 0 saturated heterocycles. The van der Waals surface area contributed by atoms with Crippen molar-refractivity contribution in [3.63, 3.8) is 0 Å². The van der Waals surface area contributed by atoms with E-state index in [9.17, 15) is 9.90 Å². The standard InChI is InChI=1S/C21H26O4/c1-15-5-8-17(12-21(2,3)20(22)23)18(11-15)14-25-13-16-6-9-19(24-4)10-7-16/h5-11H,12-14H2,1-4H3,(H,22,23). The van der Waals surface area contributed by atoms with Gasteiger partial charge in [0.15, 0.2) is 0 Å². The van der Waals surface area contributed by atoms with Crippen molar-refractivity contribution in [1.82, 2.24) is 0 Å². The van der Waals surface area contributed by atoms with E-state index in [0.29, 0.717) is 19.6 Å². The van der Waals surface area contributed by atoms with Gasteiger partial charge in [0, 0.05) is 0 Å². The molecular formula is C21H26O4. The van der Waals surface area contributed by atoms with Gasteiger partial charge in [-0.15, -0.1) is 0 Å². The van der Waals surface area contributed by atoms with E-state index >= 15 is 0 Å². The summed E-state index contributed by atoms with van der Waals surface area (Å²) in [6.45, 7) is 6.48. The molecule has 0 atom stereocenters. The Morgan fingerprint density at radius 2 is 1.72 bits per heavy atom. The van der Waals surface area contributed by atoms with Gasteiger partial charge in [-0.1, -0.05) is 35.9 Å². The third-order valence-electron chi connectivity index (χ3n) is 4.26. The Labute approximate surface area is 149 Å². The summed E-state index contributed by atoms with van der Waals surface area (Å²) in [6.07, 6.45) is 0.476. The molecule has 1 N–H and O–H groups in total. The highest BCUT2D eigenvalue weighted by atomic mass is 16.5. The highest BCUT2D eigenvalue weighted by Crippen LogP contribution is 2.25. The van der Waals surface area contributed by atoms with Gasteiger partial charge in [0.2, 0.25) is 0 Å². The maximum atomic E-state index is 11.4. The van der Waals surface area contributed by atoms with Gasteiger partial charge in [0.05, 0.1) is 25.7 Å². The molecular weight excluding hydrogens is 316 g/mol. The van der Waals surface area contributed by atoms with Crippen molar-refractivity contribution in [1.29, 1.82) is 0 Å². The summed E-state index contributed by atoms with van der Waals surface area (Å²) < 4.78 is 11.0. The van der Waals surface area contributed by atoms with Crippen molar-refractivity contribution in [2.75, 3.05) is 7.11 Å². The molecule has 2 rings (SSSR count). The van der Waals surface area contributed by atoms with E-state index in [1.54, 1.807) is 21.0 Å². The van der Waals surface area contributed by atoms with E-state index in [1.165, 1.54) is 0 Å². The third kappa shape index (κ3) is 5.33. The first kappa shape index (κ1) is 19.0. The smallest absolute Gasteiger partial charge is 0.309 e. The number of methoxy groups -OCH3 is 1. The molecule has 0 amide bonds. The zero-order valence-corrected chi connectivity index (χ0v) is 15.3. The van der Waals surface area contributed by atoms with Gasteiger partial charge in [-0.25, -0.2) is 0 Å². The lowest BCUT2D eigenvalue weighted by Gasteiger charge is -2.21. The first-order chi connectivity index (χ1) is 11.8. The maximum Gasteiger partial charge on any atom is 0.309 e. The minimum atomic E-state index is -0.806. The van der Waals surface area contributed by atoms with E-state index in [-0.39, 0.29) is 0 Å². The molecule has 0 saturated carbocycles. The van der Waals surface area contributed by atoms with Crippen molar-refractivity contribution >= 4 is 5.97 Å². The van der Waals surface area contributed by atoms with Crippen LogP contribution in [-0.2, 0) is 29.2 Å². The zero-order valence-electron chi connectivity index (χ0n) is 15.3. The van der Waals surface area contributed by atoms with E-state index in [2.05, 4.69) is 6.07 Å². The highest BCUT2D eigenvalue weighted by molar-refractivity contribution is 5.74. The van der Waals surface area contributed by atoms with Crippen LogP contribution in [0, 0.1) is 12.3 Å². The van der Waals surface area contributed by atoms with Crippen LogP contribution in [0.3, 0.4) is 0 Å². The van der Waals surface area contributed by atoms with Crippen LogP contribution in [-0.4, -0.2) is 18.2 Å². The van der Waals surface area contributed by atoms with Crippen LogP contribution in [0.1, 0.15) is 36.1 Å². The molecule has 4 nitrogen and oxygen atoms in total. The molecule has 0 bridgehead atoms. The van der Waals surface area contributed by atoms with Crippen molar-refractivity contribution in [3.05, 3.63) is 64.7 Å². The van der Waals surface area contributed by atoms with Crippen LogP contribution in [0.25, 0.3) is 0 Å². The predicted molar refractivity (Wildman–Crippen MR) is 97.8 cm³/mol. The zero-order chi connectivity index (χ0) is 18.4. The Hall–Kier alpha value is -2.33. The quantitative estimate of drug-likeness (QED) is 0.774. The Balaban J connectivity index is 2.05. The summed E-state index contributed by atoms with van der Waals surface area (Å²) in [7, 11) is 1.64. The molecule has 0 spiro atoms. The Bertz CT molecular complexity index is 717. The number of carbonyl (C=O) groups is 1. The molecule has 0 fully saturated rings. The van der Waals surface area contributed by atoms with E-state index < -0.39 is 11.4 Å². The lowest BCUT2D eigenvalue weighted by atomic mass is 9.84. The molecule has 2 aromatic carbocycles. The van der Waals surface area contributed by atoms with Crippen molar-refractivity contribution in [2.45, 2.75) is 40.4 Å². The number of carboxylic acids is 1. The van der Waals surface area contributed by atoms with Gasteiger partial charge in [-0.2, -0.15) is 0 Å². The minimum Gasteiger partial charge on any atom is -0.497 e. The number of aryl methyl sites for hydroxylation is 1. The number of aliphatic carboxylic acids is 1. The molecule has 2 aromatic rings. The van der Waals surface area contributed by atoms with E-state index in [0.717, 1.165) is 28.0 Å². The molecule has 4 heteroatoms. The number of ether oxygens (including phenoxy) is 2. The Kier molecular flexibility index (Phi) is 6.21. The summed E-state index contributed by atoms with van der Waals surface area (Å²) in [5.41, 5.74) is 3.47. The SMILES string of the molecule is COc1ccc(COCc2cc(C)ccc2CC(C)(C)C(=O)O)cc1. The van der Waals surface area contributed by atoms with Crippen molar-refractivity contribution in [3.8, 4) is 5.75 Å². The molecule has 25 heavy (non-hydrogen) atoms. The van der Waals surface area contributed by atoms with E-state index in [4.69, 9.17) is 9.47 Å². The summed E-state index contributed by atoms with van der Waals surface area (Å²) in [5, 5.41) is 9.37. The second-order valence-corrected chi connectivity index (χ2v) is 6.98. The summed E-state index contributed by atoms with van der Waals surface area (Å²) in [6, 6.07) is 13.9. The number of carboxylic acid groups (broad SMARTS) is 1. The number of rotatable bonds is 8. The molecule has 0 aromatic heterocycles. The molecule has 0 aliphatic carbocycles. The molecule has 0 aliphatic rings. The van der Waals surface area contributed by atoms with Crippen LogP contribution >= 0.6 is 0 Å². The number of benzene rings is 2. The van der Waals surface area contributed by atoms with Gasteiger partial charge < -0.3 is 14.6 Å². The fraction of sp³-hybridized carbons (Fsp3) is 0.381. The maximum absolute atomic E-state index is 11.4. The predicted octanol–water partition coefficient (Wildman–Crippen LogP) is 4.37. The van der Waals surface area contributed by atoms with E-state index in [1.807, 2.05) is 43.3 Å². The monoisotopic (exact) mass is 342 g/mol. The van der Waals surface area contributed by atoms with Gasteiger partial charge in [-0.3, -0.25) is 4.79 Å². The first-order valence-corrected chi connectivity index (χ1v) is 8.34. The third-order valence-corrected chi connectivity index (χ3v) is 4.26. The summed E-state index contributed by atoms with van der Waals surface area (Å²) in [5.74, 6) is 0.0267. The van der Waals surface area contributed by atoms with Gasteiger partial charge in [0.1, 0.15) is 5.75 Å². The van der Waals surface area contributed by atoms with Crippen LogP contribution < -0.4 is 4.74 Å². The lowest BCUT2D eigenvalue weighted by molar-refractivity contribution is -0.146. The molecule has 0 unspecified atom stereocenters. The molecule has 0 radical (unpaired) electrons. The van der Waals surface area contributed by atoms with Crippen molar-refractivity contribution < 1.29 is 19.4 Å². The second-order valence-electron chi connectivity index (χ2n) is 6.98.